The van der Waals surface area contributed by atoms with Crippen LogP contribution in [0.25, 0.3) is 0 Å². The normalized spacial score (nSPS) is 22.1. The molecule has 2 rings (SSSR count). The van der Waals surface area contributed by atoms with Gasteiger partial charge in [0.05, 0.1) is 0 Å². The summed E-state index contributed by atoms with van der Waals surface area (Å²) in [7, 11) is 0. The van der Waals surface area contributed by atoms with Gasteiger partial charge in [0.15, 0.2) is 0 Å². The van der Waals surface area contributed by atoms with Gasteiger partial charge in [0.2, 0.25) is 0 Å². The fourth-order valence-electron chi connectivity index (χ4n) is 3.15. The first kappa shape index (κ1) is 12.1. The maximum absolute atomic E-state index is 3.62. The molecule has 1 saturated carbocycles. The molecule has 1 aromatic heterocycles. The second-order valence-corrected chi connectivity index (χ2v) is 7.26. The van der Waals surface area contributed by atoms with Gasteiger partial charge in [0.25, 0.3) is 0 Å². The molecule has 1 nitrogen and oxygen atoms in total. The highest BCUT2D eigenvalue weighted by molar-refractivity contribution is 7.10. The molecule has 0 saturated heterocycles. The van der Waals surface area contributed by atoms with Gasteiger partial charge < -0.3 is 5.32 Å². The lowest BCUT2D eigenvalue weighted by atomic mass is 9.53. The Morgan fingerprint density at radius 3 is 2.50 bits per heavy atom. The zero-order valence-corrected chi connectivity index (χ0v) is 11.7. The number of hydrogen-bond donors (Lipinski definition) is 1. The van der Waals surface area contributed by atoms with Crippen molar-refractivity contribution in [2.45, 2.75) is 52.0 Å². The minimum Gasteiger partial charge on any atom is -0.314 e. The molecule has 0 radical (unpaired) electrons. The van der Waals surface area contributed by atoms with E-state index in [1.807, 2.05) is 11.3 Å². The predicted molar refractivity (Wildman–Crippen MR) is 72.2 cm³/mol. The minimum absolute atomic E-state index is 0.419. The van der Waals surface area contributed by atoms with Crippen molar-refractivity contribution < 1.29 is 0 Å². The van der Waals surface area contributed by atoms with Crippen LogP contribution in [0.5, 0.6) is 0 Å². The molecule has 1 aliphatic rings. The maximum atomic E-state index is 3.62. The van der Waals surface area contributed by atoms with E-state index in [-0.39, 0.29) is 0 Å². The molecule has 0 unspecified atom stereocenters. The summed E-state index contributed by atoms with van der Waals surface area (Å²) >= 11 is 1.92. The van der Waals surface area contributed by atoms with E-state index >= 15 is 0 Å². The summed E-state index contributed by atoms with van der Waals surface area (Å²) in [6, 6.07) is 5.07. The van der Waals surface area contributed by atoms with E-state index in [1.165, 1.54) is 12.8 Å². The van der Waals surface area contributed by atoms with Gasteiger partial charge >= 0.3 is 0 Å². The first-order valence-corrected chi connectivity index (χ1v) is 7.09. The number of nitrogens with one attached hydrogen (secondary N) is 1. The quantitative estimate of drug-likeness (QED) is 0.840. The summed E-state index contributed by atoms with van der Waals surface area (Å²) < 4.78 is 0. The molecular weight excluding hydrogens is 214 g/mol. The molecule has 1 aromatic rings. The van der Waals surface area contributed by atoms with Crippen LogP contribution in [0.15, 0.2) is 17.5 Å². The van der Waals surface area contributed by atoms with Crippen LogP contribution in [0.1, 0.15) is 45.4 Å². The van der Waals surface area contributed by atoms with Gasteiger partial charge in [-0.1, -0.05) is 33.8 Å². The van der Waals surface area contributed by atoms with E-state index in [2.05, 4.69) is 50.5 Å². The Balaban J connectivity index is 2.10. The number of hydrogen-bond acceptors (Lipinski definition) is 2. The lowest BCUT2D eigenvalue weighted by molar-refractivity contribution is 0.0575. The molecule has 16 heavy (non-hydrogen) atoms. The molecule has 2 heteroatoms. The van der Waals surface area contributed by atoms with Crippen LogP contribution in [0.2, 0.25) is 0 Å². The number of thiophene rings is 1. The Kier molecular flexibility index (Phi) is 3.15. The maximum Gasteiger partial charge on any atom is 0.0182 e. The van der Waals surface area contributed by atoms with Crippen molar-refractivity contribution in [1.29, 1.82) is 0 Å². The number of rotatable bonds is 4. The lowest BCUT2D eigenvalue weighted by Crippen LogP contribution is -2.53. The minimum atomic E-state index is 0.419. The summed E-state index contributed by atoms with van der Waals surface area (Å²) in [5.41, 5.74) is 0.949. The first-order valence-electron chi connectivity index (χ1n) is 6.21. The van der Waals surface area contributed by atoms with E-state index in [9.17, 15) is 0 Å². The zero-order chi connectivity index (χ0) is 11.8. The van der Waals surface area contributed by atoms with Gasteiger partial charge in [-0.3, -0.25) is 0 Å². The third kappa shape index (κ3) is 2.33. The molecule has 0 bridgehead atoms. The predicted octanol–water partition coefficient (Wildman–Crippen LogP) is 3.80. The summed E-state index contributed by atoms with van der Waals surface area (Å²) in [4.78, 5) is 1.57. The molecule has 1 aliphatic carbocycles. The Bertz CT molecular complexity index is 330. The summed E-state index contributed by atoms with van der Waals surface area (Å²) in [6.45, 7) is 10.4. The third-order valence-corrected chi connectivity index (χ3v) is 4.64. The molecule has 0 amide bonds. The highest BCUT2D eigenvalue weighted by atomic mass is 32.1. The topological polar surface area (TPSA) is 12.0 Å². The SMILES string of the molecule is CC(C)NCC1(c2cccs2)CC(C)(C)C1. The molecule has 0 atom stereocenters. The van der Waals surface area contributed by atoms with E-state index in [4.69, 9.17) is 0 Å². The van der Waals surface area contributed by atoms with Crippen LogP contribution in [0.4, 0.5) is 0 Å². The average molecular weight is 237 g/mol. The van der Waals surface area contributed by atoms with Crippen molar-refractivity contribution in [3.63, 3.8) is 0 Å². The second kappa shape index (κ2) is 4.15. The molecule has 0 aromatic carbocycles. The van der Waals surface area contributed by atoms with Crippen molar-refractivity contribution in [2.75, 3.05) is 6.54 Å². The van der Waals surface area contributed by atoms with Crippen LogP contribution < -0.4 is 5.32 Å². The van der Waals surface area contributed by atoms with Crippen molar-refractivity contribution in [3.05, 3.63) is 22.4 Å². The van der Waals surface area contributed by atoms with Gasteiger partial charge in [0, 0.05) is 22.9 Å². The van der Waals surface area contributed by atoms with Gasteiger partial charge in [-0.2, -0.15) is 0 Å². The summed E-state index contributed by atoms with van der Waals surface area (Å²) in [5, 5.41) is 5.83. The highest BCUT2D eigenvalue weighted by Crippen LogP contribution is 2.56. The van der Waals surface area contributed by atoms with Crippen LogP contribution in [-0.4, -0.2) is 12.6 Å². The fourth-order valence-corrected chi connectivity index (χ4v) is 4.07. The smallest absolute Gasteiger partial charge is 0.0182 e. The standard InChI is InChI=1S/C14H23NS/c1-11(2)15-10-14(8-13(3,4)9-14)12-6-5-7-16-12/h5-7,11,15H,8-10H2,1-4H3. The van der Waals surface area contributed by atoms with E-state index in [0.717, 1.165) is 6.54 Å². The van der Waals surface area contributed by atoms with Gasteiger partial charge in [0.1, 0.15) is 0 Å². The van der Waals surface area contributed by atoms with Gasteiger partial charge in [-0.25, -0.2) is 0 Å². The van der Waals surface area contributed by atoms with Crippen molar-refractivity contribution in [3.8, 4) is 0 Å². The largest absolute Gasteiger partial charge is 0.314 e. The van der Waals surface area contributed by atoms with Crippen molar-refractivity contribution in [2.24, 2.45) is 5.41 Å². The molecule has 1 heterocycles. The fraction of sp³-hybridized carbons (Fsp3) is 0.714. The molecule has 0 aliphatic heterocycles. The van der Waals surface area contributed by atoms with Crippen molar-refractivity contribution in [1.82, 2.24) is 5.32 Å². The zero-order valence-electron chi connectivity index (χ0n) is 10.8. The van der Waals surface area contributed by atoms with Crippen LogP contribution in [-0.2, 0) is 5.41 Å². The molecule has 1 N–H and O–H groups in total. The second-order valence-electron chi connectivity index (χ2n) is 6.31. The summed E-state index contributed by atoms with van der Waals surface area (Å²) in [5.74, 6) is 0. The van der Waals surface area contributed by atoms with Crippen LogP contribution in [0, 0.1) is 5.41 Å². The third-order valence-electron chi connectivity index (χ3n) is 3.53. The van der Waals surface area contributed by atoms with E-state index in [1.54, 1.807) is 4.88 Å². The molecule has 1 fully saturated rings. The Morgan fingerprint density at radius 1 is 1.38 bits per heavy atom. The molecule has 90 valence electrons. The van der Waals surface area contributed by atoms with Crippen molar-refractivity contribution >= 4 is 11.3 Å². The van der Waals surface area contributed by atoms with Gasteiger partial charge in [-0.15, -0.1) is 11.3 Å². The van der Waals surface area contributed by atoms with Crippen LogP contribution in [0.3, 0.4) is 0 Å². The average Bonchev–Trinajstić information content (AvgIpc) is 2.63. The van der Waals surface area contributed by atoms with E-state index < -0.39 is 0 Å². The van der Waals surface area contributed by atoms with Gasteiger partial charge in [-0.05, 0) is 29.7 Å². The lowest BCUT2D eigenvalue weighted by Gasteiger charge is -2.53. The highest BCUT2D eigenvalue weighted by Gasteiger charge is 2.50. The Labute approximate surface area is 103 Å². The van der Waals surface area contributed by atoms with Crippen LogP contribution >= 0.6 is 11.3 Å². The Morgan fingerprint density at radius 2 is 2.06 bits per heavy atom. The first-order chi connectivity index (χ1) is 7.44. The summed E-state index contributed by atoms with van der Waals surface area (Å²) in [6.07, 6.45) is 2.64. The Hall–Kier alpha value is -0.340. The molecular formula is C14H23NS. The monoisotopic (exact) mass is 237 g/mol. The molecule has 0 spiro atoms. The van der Waals surface area contributed by atoms with E-state index in [0.29, 0.717) is 16.9 Å².